The molecule has 0 spiro atoms. The molecule has 0 fully saturated rings. The maximum absolute atomic E-state index is 10.7. The lowest BCUT2D eigenvalue weighted by molar-refractivity contribution is -0.137. The van der Waals surface area contributed by atoms with E-state index in [9.17, 15) is 4.79 Å². The molecule has 1 aromatic carbocycles. The average Bonchev–Trinajstić information content (AvgIpc) is 2.66. The summed E-state index contributed by atoms with van der Waals surface area (Å²) in [6.07, 6.45) is 0. The summed E-state index contributed by atoms with van der Waals surface area (Å²) in [5, 5.41) is 10.5. The van der Waals surface area contributed by atoms with Crippen LogP contribution in [0.2, 0.25) is 10.0 Å². The Balaban J connectivity index is 2.32. The fraction of sp³-hybridized carbons (Fsp3) is 0.200. The molecule has 0 bridgehead atoms. The van der Waals surface area contributed by atoms with Crippen molar-refractivity contribution in [3.05, 3.63) is 33.8 Å². The molecule has 0 aromatic heterocycles. The molecule has 84 valence electrons. The Morgan fingerprint density at radius 2 is 2.25 bits per heavy atom. The summed E-state index contributed by atoms with van der Waals surface area (Å²) in [5.74, 6) is -0.462. The zero-order valence-corrected chi connectivity index (χ0v) is 10.3. The van der Waals surface area contributed by atoms with Gasteiger partial charge in [0.15, 0.2) is 6.04 Å². The zero-order valence-electron chi connectivity index (χ0n) is 7.98. The third-order valence-electron chi connectivity index (χ3n) is 2.10. The first-order valence-corrected chi connectivity index (χ1v) is 6.21. The first-order chi connectivity index (χ1) is 7.58. The highest BCUT2D eigenvalue weighted by Crippen LogP contribution is 2.29. The molecule has 1 aromatic rings. The van der Waals surface area contributed by atoms with Crippen molar-refractivity contribution in [2.45, 2.75) is 6.04 Å². The average molecular weight is 276 g/mol. The summed E-state index contributed by atoms with van der Waals surface area (Å²) in [4.78, 5) is 14.8. The number of hydrogen-bond acceptors (Lipinski definition) is 3. The maximum Gasteiger partial charge on any atom is 0.329 e. The molecule has 6 heteroatoms. The van der Waals surface area contributed by atoms with Crippen LogP contribution in [0, 0.1) is 0 Å². The Hall–Kier alpha value is -0.710. The van der Waals surface area contributed by atoms with Crippen LogP contribution < -0.4 is 0 Å². The number of carbonyl (C=O) groups is 1. The summed E-state index contributed by atoms with van der Waals surface area (Å²) in [6.45, 7) is 0. The molecule has 1 aliphatic rings. The molecular formula is C10H7Cl2NO2S. The first kappa shape index (κ1) is 11.8. The van der Waals surface area contributed by atoms with Crippen molar-refractivity contribution < 1.29 is 9.90 Å². The minimum absolute atomic E-state index is 0.448. The van der Waals surface area contributed by atoms with Gasteiger partial charge in [-0.15, -0.1) is 11.8 Å². The number of halogens is 2. The van der Waals surface area contributed by atoms with Crippen molar-refractivity contribution in [3.8, 4) is 0 Å². The monoisotopic (exact) mass is 275 g/mol. The van der Waals surface area contributed by atoms with Crippen LogP contribution in [0.25, 0.3) is 0 Å². The second-order valence-corrected chi connectivity index (χ2v) is 5.08. The molecule has 0 radical (unpaired) electrons. The highest BCUT2D eigenvalue weighted by Gasteiger charge is 2.26. The van der Waals surface area contributed by atoms with Crippen LogP contribution in [0.1, 0.15) is 5.56 Å². The summed E-state index contributed by atoms with van der Waals surface area (Å²) in [5.41, 5.74) is 0.736. The Bertz CT molecular complexity index is 476. The molecule has 1 aliphatic heterocycles. The summed E-state index contributed by atoms with van der Waals surface area (Å²) in [7, 11) is 0. The van der Waals surface area contributed by atoms with E-state index in [0.29, 0.717) is 20.8 Å². The number of hydrogen-bond donors (Lipinski definition) is 1. The minimum atomic E-state index is -0.910. The van der Waals surface area contributed by atoms with E-state index < -0.39 is 12.0 Å². The van der Waals surface area contributed by atoms with Crippen LogP contribution in [0.3, 0.4) is 0 Å². The van der Waals surface area contributed by atoms with Gasteiger partial charge in [-0.1, -0.05) is 23.2 Å². The number of benzene rings is 1. The summed E-state index contributed by atoms with van der Waals surface area (Å²) >= 11 is 13.2. The van der Waals surface area contributed by atoms with E-state index in [-0.39, 0.29) is 0 Å². The van der Waals surface area contributed by atoms with Gasteiger partial charge in [0.2, 0.25) is 0 Å². The summed E-state index contributed by atoms with van der Waals surface area (Å²) in [6, 6.07) is 4.41. The van der Waals surface area contributed by atoms with E-state index in [4.69, 9.17) is 28.3 Å². The van der Waals surface area contributed by atoms with Gasteiger partial charge in [-0.2, -0.15) is 0 Å². The van der Waals surface area contributed by atoms with Crippen LogP contribution in [-0.4, -0.2) is 27.9 Å². The fourth-order valence-corrected chi connectivity index (χ4v) is 2.93. The topological polar surface area (TPSA) is 49.7 Å². The van der Waals surface area contributed by atoms with E-state index in [2.05, 4.69) is 4.99 Å². The number of aliphatic imine (C=N–C) groups is 1. The van der Waals surface area contributed by atoms with Gasteiger partial charge in [-0.05, 0) is 18.2 Å². The number of thioether (sulfide) groups is 1. The molecule has 0 saturated carbocycles. The quantitative estimate of drug-likeness (QED) is 0.903. The maximum atomic E-state index is 10.7. The van der Waals surface area contributed by atoms with Crippen molar-refractivity contribution in [2.24, 2.45) is 4.99 Å². The molecule has 16 heavy (non-hydrogen) atoms. The number of carboxylic acids is 1. The van der Waals surface area contributed by atoms with Gasteiger partial charge in [-0.3, -0.25) is 4.99 Å². The second-order valence-electron chi connectivity index (χ2n) is 3.22. The fourth-order valence-electron chi connectivity index (χ4n) is 1.31. The molecule has 2 rings (SSSR count). The molecule has 1 heterocycles. The van der Waals surface area contributed by atoms with Gasteiger partial charge in [0.05, 0.1) is 5.02 Å². The molecular weight excluding hydrogens is 269 g/mol. The molecule has 0 aliphatic carbocycles. The number of aliphatic carboxylic acids is 1. The lowest BCUT2D eigenvalue weighted by Crippen LogP contribution is -2.17. The standard InChI is InChI=1S/C10H7Cl2NO2S/c11-5-1-2-6(7(12)3-5)9-13-8(4-16-9)10(14)15/h1-3,8H,4H2,(H,14,15). The van der Waals surface area contributed by atoms with E-state index in [0.717, 1.165) is 5.56 Å². The Kier molecular flexibility index (Phi) is 3.42. The SMILES string of the molecule is O=C(O)C1CSC(c2ccc(Cl)cc2Cl)=N1. The third kappa shape index (κ3) is 2.34. The van der Waals surface area contributed by atoms with Gasteiger partial charge in [0, 0.05) is 16.3 Å². The smallest absolute Gasteiger partial charge is 0.329 e. The number of nitrogens with zero attached hydrogens (tertiary/aromatic N) is 1. The first-order valence-electron chi connectivity index (χ1n) is 4.47. The van der Waals surface area contributed by atoms with Crippen LogP contribution in [0.15, 0.2) is 23.2 Å². The second kappa shape index (κ2) is 4.65. The zero-order chi connectivity index (χ0) is 11.7. The third-order valence-corrected chi connectivity index (χ3v) is 3.73. The summed E-state index contributed by atoms with van der Waals surface area (Å²) < 4.78 is 0. The Labute approximate surface area is 106 Å². The predicted octanol–water partition coefficient (Wildman–Crippen LogP) is 2.94. The van der Waals surface area contributed by atoms with E-state index in [1.165, 1.54) is 11.8 Å². The highest BCUT2D eigenvalue weighted by atomic mass is 35.5. The highest BCUT2D eigenvalue weighted by molar-refractivity contribution is 8.14. The van der Waals surface area contributed by atoms with Gasteiger partial charge in [0.25, 0.3) is 0 Å². The van der Waals surface area contributed by atoms with Crippen molar-refractivity contribution in [3.63, 3.8) is 0 Å². The molecule has 1 unspecified atom stereocenters. The van der Waals surface area contributed by atoms with Crippen LogP contribution >= 0.6 is 35.0 Å². The predicted molar refractivity (Wildman–Crippen MR) is 66.9 cm³/mol. The van der Waals surface area contributed by atoms with Crippen molar-refractivity contribution in [1.82, 2.24) is 0 Å². The normalized spacial score (nSPS) is 19.6. The molecule has 1 atom stereocenters. The van der Waals surface area contributed by atoms with E-state index in [1.54, 1.807) is 18.2 Å². The van der Waals surface area contributed by atoms with Crippen LogP contribution in [-0.2, 0) is 4.79 Å². The molecule has 3 nitrogen and oxygen atoms in total. The van der Waals surface area contributed by atoms with Gasteiger partial charge in [0.1, 0.15) is 5.04 Å². The van der Waals surface area contributed by atoms with Crippen LogP contribution in [0.4, 0.5) is 0 Å². The number of carboxylic acid groups (broad SMARTS) is 1. The Morgan fingerprint density at radius 3 is 2.81 bits per heavy atom. The van der Waals surface area contributed by atoms with E-state index >= 15 is 0 Å². The Morgan fingerprint density at radius 1 is 1.50 bits per heavy atom. The van der Waals surface area contributed by atoms with Gasteiger partial charge < -0.3 is 5.11 Å². The van der Waals surface area contributed by atoms with Crippen molar-refractivity contribution in [2.75, 3.05) is 5.75 Å². The lowest BCUT2D eigenvalue weighted by atomic mass is 10.2. The molecule has 0 amide bonds. The van der Waals surface area contributed by atoms with Crippen LogP contribution in [0.5, 0.6) is 0 Å². The lowest BCUT2D eigenvalue weighted by Gasteiger charge is -2.02. The van der Waals surface area contributed by atoms with Gasteiger partial charge in [-0.25, -0.2) is 4.79 Å². The molecule has 1 N–H and O–H groups in total. The largest absolute Gasteiger partial charge is 0.480 e. The number of rotatable bonds is 2. The van der Waals surface area contributed by atoms with Crippen molar-refractivity contribution >= 4 is 46.0 Å². The van der Waals surface area contributed by atoms with E-state index in [1.807, 2.05) is 0 Å². The van der Waals surface area contributed by atoms with Crippen molar-refractivity contribution in [1.29, 1.82) is 0 Å². The molecule has 0 saturated heterocycles. The minimum Gasteiger partial charge on any atom is -0.480 e. The van der Waals surface area contributed by atoms with Gasteiger partial charge >= 0.3 is 5.97 Å².